The number of benzene rings is 1. The van der Waals surface area contributed by atoms with Crippen molar-refractivity contribution in [3.8, 4) is 0 Å². The maximum absolute atomic E-state index is 10.9. The highest BCUT2D eigenvalue weighted by Crippen LogP contribution is 2.23. The third-order valence-corrected chi connectivity index (χ3v) is 11.2. The van der Waals surface area contributed by atoms with Crippen LogP contribution in [-0.4, -0.2) is 26.1 Å². The Hall–Kier alpha value is -0.910. The smallest absolute Gasteiger partial charge is 0.294 e. The summed E-state index contributed by atoms with van der Waals surface area (Å²) >= 11 is 0. The number of nitrogens with one attached hydrogen (secondary N) is 1. The Labute approximate surface area is 314 Å². The van der Waals surface area contributed by atoms with Crippen molar-refractivity contribution in [3.05, 3.63) is 29.8 Å². The molecule has 0 fully saturated rings. The van der Waals surface area contributed by atoms with Gasteiger partial charge >= 0.3 is 0 Å². The molecular formula is C45H87NO3S. The van der Waals surface area contributed by atoms with E-state index >= 15 is 0 Å². The lowest BCUT2D eigenvalue weighted by atomic mass is 10.0. The molecule has 0 bridgehead atoms. The van der Waals surface area contributed by atoms with Gasteiger partial charge in [-0.05, 0) is 43.5 Å². The summed E-state index contributed by atoms with van der Waals surface area (Å²) in [6, 6.07) is 6.46. The number of rotatable bonds is 36. The molecular weight excluding hydrogens is 635 g/mol. The van der Waals surface area contributed by atoms with Gasteiger partial charge in [-0.1, -0.05) is 239 Å². The second-order valence-corrected chi connectivity index (χ2v) is 16.9. The Bertz CT molecular complexity index is 883. The molecule has 1 aromatic rings. The Balaban J connectivity index is 0.00000153. The fourth-order valence-electron chi connectivity index (χ4n) is 6.91. The third-order valence-electron chi connectivity index (χ3n) is 10.2. The Kier molecular flexibility index (Phi) is 37.1. The van der Waals surface area contributed by atoms with Crippen LogP contribution in [-0.2, 0) is 10.1 Å². The molecule has 0 saturated heterocycles. The average Bonchev–Trinajstić information content (AvgIpc) is 3.10. The van der Waals surface area contributed by atoms with E-state index in [0.717, 1.165) is 0 Å². The zero-order valence-corrected chi connectivity index (χ0v) is 34.9. The molecule has 0 amide bonds. The number of unbranched alkanes of at least 4 members (excludes halogenated alkanes) is 30. The van der Waals surface area contributed by atoms with E-state index in [2.05, 4.69) is 19.2 Å². The maximum Gasteiger partial charge on any atom is 0.294 e. The lowest BCUT2D eigenvalue weighted by molar-refractivity contribution is 0.481. The van der Waals surface area contributed by atoms with Gasteiger partial charge in [-0.15, -0.1) is 0 Å². The van der Waals surface area contributed by atoms with E-state index in [1.165, 1.54) is 225 Å². The van der Waals surface area contributed by atoms with Crippen LogP contribution in [0.5, 0.6) is 0 Å². The van der Waals surface area contributed by atoms with Gasteiger partial charge in [0, 0.05) is 0 Å². The van der Waals surface area contributed by atoms with Gasteiger partial charge in [-0.2, -0.15) is 8.42 Å². The Morgan fingerprint density at radius 1 is 0.460 bits per heavy atom. The highest BCUT2D eigenvalue weighted by molar-refractivity contribution is 7.85. The molecule has 0 aromatic heterocycles. The van der Waals surface area contributed by atoms with E-state index in [-0.39, 0.29) is 10.8 Å². The molecule has 296 valence electrons. The van der Waals surface area contributed by atoms with E-state index < -0.39 is 10.1 Å². The van der Waals surface area contributed by atoms with Crippen molar-refractivity contribution < 1.29 is 13.0 Å². The average molecular weight is 722 g/mol. The first-order chi connectivity index (χ1) is 24.3. The molecule has 0 aliphatic heterocycles. The largest absolute Gasteiger partial charge is 0.317 e. The van der Waals surface area contributed by atoms with Gasteiger partial charge in [0.2, 0.25) is 0 Å². The summed E-state index contributed by atoms with van der Waals surface area (Å²) in [5, 5.41) is 3.68. The molecule has 0 saturated carbocycles. The first-order valence-corrected chi connectivity index (χ1v) is 23.6. The van der Waals surface area contributed by atoms with E-state index in [1.54, 1.807) is 18.2 Å². The van der Waals surface area contributed by atoms with Crippen molar-refractivity contribution in [3.63, 3.8) is 0 Å². The van der Waals surface area contributed by atoms with Gasteiger partial charge in [-0.3, -0.25) is 4.55 Å². The summed E-state index contributed by atoms with van der Waals surface area (Å²) in [6.45, 7) is 10.9. The molecule has 0 radical (unpaired) electrons. The van der Waals surface area contributed by atoms with Gasteiger partial charge in [0.25, 0.3) is 10.1 Å². The van der Waals surface area contributed by atoms with Crippen molar-refractivity contribution in [1.29, 1.82) is 0 Å². The van der Waals surface area contributed by atoms with Crippen LogP contribution in [0.1, 0.15) is 245 Å². The zero-order chi connectivity index (χ0) is 36.8. The Morgan fingerprint density at radius 3 is 0.960 bits per heavy atom. The number of hydrogen-bond acceptors (Lipinski definition) is 3. The quantitative estimate of drug-likeness (QED) is 0.0535. The lowest BCUT2D eigenvalue weighted by Crippen LogP contribution is -2.16. The van der Waals surface area contributed by atoms with Crippen molar-refractivity contribution >= 4 is 10.1 Å². The first-order valence-electron chi connectivity index (χ1n) is 22.1. The van der Waals surface area contributed by atoms with Crippen LogP contribution >= 0.6 is 0 Å². The predicted molar refractivity (Wildman–Crippen MR) is 222 cm³/mol. The molecule has 2 N–H and O–H groups in total. The van der Waals surface area contributed by atoms with E-state index in [4.69, 9.17) is 4.55 Å². The fourth-order valence-corrected chi connectivity index (χ4v) is 7.77. The molecule has 0 aliphatic rings. The lowest BCUT2D eigenvalue weighted by Gasteiger charge is -2.09. The summed E-state index contributed by atoms with van der Waals surface area (Å²) in [4.78, 5) is 0.00463. The third kappa shape index (κ3) is 34.2. The van der Waals surface area contributed by atoms with Gasteiger partial charge in [0.05, 0.1) is 4.90 Å². The second kappa shape index (κ2) is 37.8. The standard InChI is InChI=1S/C36H75N.C9H12O3S/c1-3-5-7-9-11-13-15-17-19-21-23-25-27-29-31-33-35-37-36-34-32-30-28-26-24-22-20-18-16-14-12-10-8-6-4-2;1-7(2)8-5-3-4-6-9(8)13(10,11)12/h37H,3-36H2,1-2H3;3-7H,1-2H3,(H,10,11,12). The van der Waals surface area contributed by atoms with Crippen molar-refractivity contribution in [1.82, 2.24) is 5.32 Å². The van der Waals surface area contributed by atoms with Gasteiger partial charge in [0.15, 0.2) is 0 Å². The van der Waals surface area contributed by atoms with Gasteiger partial charge in [-0.25, -0.2) is 0 Å². The second-order valence-electron chi connectivity index (χ2n) is 15.5. The monoisotopic (exact) mass is 722 g/mol. The SMILES string of the molecule is CC(C)c1ccccc1S(=O)(=O)O.CCCCCCCCCCCCCCCCCCNCCCCCCCCCCCCCCCCCC. The Morgan fingerprint density at radius 2 is 0.720 bits per heavy atom. The summed E-state index contributed by atoms with van der Waals surface area (Å²) < 4.78 is 30.7. The van der Waals surface area contributed by atoms with Crippen LogP contribution in [0, 0.1) is 0 Å². The molecule has 50 heavy (non-hydrogen) atoms. The molecule has 0 spiro atoms. The maximum atomic E-state index is 10.9. The fraction of sp³-hybridized carbons (Fsp3) is 0.867. The molecule has 0 unspecified atom stereocenters. The number of hydrogen-bond donors (Lipinski definition) is 2. The van der Waals surface area contributed by atoms with Crippen LogP contribution < -0.4 is 5.32 Å². The van der Waals surface area contributed by atoms with E-state index in [1.807, 2.05) is 13.8 Å². The van der Waals surface area contributed by atoms with Crippen LogP contribution in [0.25, 0.3) is 0 Å². The van der Waals surface area contributed by atoms with Crippen LogP contribution in [0.15, 0.2) is 29.2 Å². The molecule has 5 heteroatoms. The topological polar surface area (TPSA) is 66.4 Å². The molecule has 0 atom stereocenters. The first kappa shape index (κ1) is 49.1. The van der Waals surface area contributed by atoms with E-state index in [0.29, 0.717) is 5.56 Å². The van der Waals surface area contributed by atoms with Crippen LogP contribution in [0.4, 0.5) is 0 Å². The van der Waals surface area contributed by atoms with Crippen molar-refractivity contribution in [2.75, 3.05) is 13.1 Å². The predicted octanol–water partition coefficient (Wildman–Crippen LogP) is 15.2. The van der Waals surface area contributed by atoms with Crippen molar-refractivity contribution in [2.24, 2.45) is 0 Å². The van der Waals surface area contributed by atoms with Crippen molar-refractivity contribution in [2.45, 2.75) is 244 Å². The normalized spacial score (nSPS) is 11.6. The van der Waals surface area contributed by atoms with Gasteiger partial charge < -0.3 is 5.32 Å². The van der Waals surface area contributed by atoms with Crippen LogP contribution in [0.3, 0.4) is 0 Å². The summed E-state index contributed by atoms with van der Waals surface area (Å²) in [7, 11) is -4.08. The minimum Gasteiger partial charge on any atom is -0.317 e. The summed E-state index contributed by atoms with van der Waals surface area (Å²) in [5.41, 5.74) is 0.644. The molecule has 1 rings (SSSR count). The summed E-state index contributed by atoms with van der Waals surface area (Å²) in [6.07, 6.45) is 46.7. The highest BCUT2D eigenvalue weighted by atomic mass is 32.2. The van der Waals surface area contributed by atoms with E-state index in [9.17, 15) is 8.42 Å². The summed E-state index contributed by atoms with van der Waals surface area (Å²) in [5.74, 6) is 0.0816. The molecule has 0 heterocycles. The zero-order valence-electron chi connectivity index (χ0n) is 34.1. The molecule has 1 aromatic carbocycles. The minimum absolute atomic E-state index is 0.00463. The molecule has 0 aliphatic carbocycles. The highest BCUT2D eigenvalue weighted by Gasteiger charge is 2.16. The van der Waals surface area contributed by atoms with Gasteiger partial charge in [0.1, 0.15) is 0 Å². The minimum atomic E-state index is -4.08. The molecule has 4 nitrogen and oxygen atoms in total. The van der Waals surface area contributed by atoms with Crippen LogP contribution in [0.2, 0.25) is 0 Å².